The summed E-state index contributed by atoms with van der Waals surface area (Å²) in [6.45, 7) is 6.84. The molecule has 1 fully saturated rings. The molecule has 4 nitrogen and oxygen atoms in total. The van der Waals surface area contributed by atoms with E-state index in [1.807, 2.05) is 12.1 Å². The minimum absolute atomic E-state index is 0.541. The van der Waals surface area contributed by atoms with Crippen molar-refractivity contribution in [3.05, 3.63) is 33.8 Å². The quantitative estimate of drug-likeness (QED) is 0.591. The van der Waals surface area contributed by atoms with E-state index in [1.165, 1.54) is 32.4 Å². The number of nitrogens with one attached hydrogen (secondary N) is 2. The minimum atomic E-state index is 0.541. The fourth-order valence-corrected chi connectivity index (χ4v) is 3.37. The first-order valence-electron chi connectivity index (χ1n) is 8.73. The largest absolute Gasteiger partial charge is 0.357 e. The van der Waals surface area contributed by atoms with Crippen LogP contribution in [0.15, 0.2) is 23.2 Å². The first-order chi connectivity index (χ1) is 11.6. The van der Waals surface area contributed by atoms with E-state index in [4.69, 9.17) is 23.2 Å². The van der Waals surface area contributed by atoms with E-state index in [2.05, 4.69) is 34.5 Å². The zero-order valence-electron chi connectivity index (χ0n) is 14.6. The van der Waals surface area contributed by atoms with Crippen molar-refractivity contribution in [2.75, 3.05) is 33.2 Å². The maximum Gasteiger partial charge on any atom is 0.191 e. The number of benzene rings is 1. The Morgan fingerprint density at radius 2 is 2.00 bits per heavy atom. The lowest BCUT2D eigenvalue weighted by Gasteiger charge is -2.29. The Kier molecular flexibility index (Phi) is 8.16. The summed E-state index contributed by atoms with van der Waals surface area (Å²) in [5.74, 6) is 1.67. The van der Waals surface area contributed by atoms with Crippen LogP contribution in [0.3, 0.4) is 0 Å². The molecule has 1 aromatic carbocycles. The van der Waals surface area contributed by atoms with Crippen LogP contribution in [-0.2, 0) is 6.54 Å². The van der Waals surface area contributed by atoms with Gasteiger partial charge in [0.2, 0.25) is 0 Å². The molecule has 2 rings (SSSR count). The molecule has 0 spiro atoms. The van der Waals surface area contributed by atoms with Crippen molar-refractivity contribution in [2.45, 2.75) is 32.7 Å². The second-order valence-electron chi connectivity index (χ2n) is 6.39. The van der Waals surface area contributed by atoms with Crippen molar-refractivity contribution in [1.82, 2.24) is 15.5 Å². The summed E-state index contributed by atoms with van der Waals surface area (Å²) in [5, 5.41) is 8.04. The van der Waals surface area contributed by atoms with Crippen molar-refractivity contribution >= 4 is 29.2 Å². The molecule has 0 aromatic heterocycles. The molecule has 24 heavy (non-hydrogen) atoms. The van der Waals surface area contributed by atoms with Gasteiger partial charge < -0.3 is 15.5 Å². The van der Waals surface area contributed by atoms with Gasteiger partial charge >= 0.3 is 0 Å². The van der Waals surface area contributed by atoms with Crippen molar-refractivity contribution in [2.24, 2.45) is 10.9 Å². The maximum atomic E-state index is 6.21. The number of aliphatic imine (C=N–C) groups is 1. The van der Waals surface area contributed by atoms with Crippen molar-refractivity contribution in [3.63, 3.8) is 0 Å². The summed E-state index contributed by atoms with van der Waals surface area (Å²) in [5.41, 5.74) is 0.980. The molecule has 0 radical (unpaired) electrons. The highest BCUT2D eigenvalue weighted by molar-refractivity contribution is 6.35. The zero-order chi connectivity index (χ0) is 17.4. The van der Waals surface area contributed by atoms with Crippen LogP contribution in [0.4, 0.5) is 0 Å². The molecular formula is C18H28Cl2N4. The Morgan fingerprint density at radius 3 is 2.67 bits per heavy atom. The van der Waals surface area contributed by atoms with Crippen molar-refractivity contribution in [1.29, 1.82) is 0 Å². The van der Waals surface area contributed by atoms with E-state index in [1.54, 1.807) is 6.07 Å². The average Bonchev–Trinajstić information content (AvgIpc) is 2.55. The Balaban J connectivity index is 1.82. The van der Waals surface area contributed by atoms with E-state index in [0.717, 1.165) is 30.5 Å². The first kappa shape index (κ1) is 19.4. The van der Waals surface area contributed by atoms with Gasteiger partial charge in [-0.2, -0.15) is 0 Å². The van der Waals surface area contributed by atoms with Crippen LogP contribution in [0, 0.1) is 5.92 Å². The Morgan fingerprint density at radius 1 is 1.25 bits per heavy atom. The monoisotopic (exact) mass is 370 g/mol. The molecule has 1 aromatic rings. The van der Waals surface area contributed by atoms with Crippen LogP contribution in [-0.4, -0.2) is 44.1 Å². The van der Waals surface area contributed by atoms with Crippen molar-refractivity contribution in [3.8, 4) is 0 Å². The molecule has 0 saturated carbocycles. The molecule has 0 aliphatic carbocycles. The Labute approximate surface area is 155 Å². The van der Waals surface area contributed by atoms with Gasteiger partial charge in [-0.15, -0.1) is 0 Å². The second kappa shape index (κ2) is 10.1. The molecule has 0 atom stereocenters. The van der Waals surface area contributed by atoms with Crippen LogP contribution in [0.5, 0.6) is 0 Å². The molecular weight excluding hydrogens is 343 g/mol. The van der Waals surface area contributed by atoms with E-state index in [0.29, 0.717) is 16.6 Å². The van der Waals surface area contributed by atoms with Crippen LogP contribution >= 0.6 is 23.2 Å². The SMILES string of the molecule is CCNC(=NCc1ccc(Cl)cc1Cl)NCCC1CCN(C)CC1. The van der Waals surface area contributed by atoms with Gasteiger partial charge in [-0.3, -0.25) is 0 Å². The zero-order valence-corrected chi connectivity index (χ0v) is 16.1. The molecule has 134 valence electrons. The van der Waals surface area contributed by atoms with Crippen LogP contribution in [0.2, 0.25) is 10.0 Å². The number of rotatable bonds is 6. The van der Waals surface area contributed by atoms with Crippen LogP contribution in [0.25, 0.3) is 0 Å². The standard InChI is InChI=1S/C18H28Cl2N4/c1-3-21-18(22-9-6-14-7-10-24(2)11-8-14)23-13-15-4-5-16(19)12-17(15)20/h4-5,12,14H,3,6-11,13H2,1-2H3,(H2,21,22,23). The summed E-state index contributed by atoms with van der Waals surface area (Å²) in [6.07, 6.45) is 3.79. The Hall–Kier alpha value is -0.970. The van der Waals surface area contributed by atoms with Gasteiger partial charge in [0.25, 0.3) is 0 Å². The minimum Gasteiger partial charge on any atom is -0.357 e. The number of guanidine groups is 1. The molecule has 1 aliphatic heterocycles. The summed E-state index contributed by atoms with van der Waals surface area (Å²) >= 11 is 12.1. The molecule has 0 bridgehead atoms. The van der Waals surface area contributed by atoms with Crippen LogP contribution in [0.1, 0.15) is 31.7 Å². The molecule has 1 aliphatic rings. The molecule has 1 heterocycles. The Bertz CT molecular complexity index is 540. The topological polar surface area (TPSA) is 39.7 Å². The van der Waals surface area contributed by atoms with Gasteiger partial charge in [-0.25, -0.2) is 4.99 Å². The number of hydrogen-bond donors (Lipinski definition) is 2. The van der Waals surface area contributed by atoms with Gasteiger partial charge in [0.05, 0.1) is 6.54 Å². The molecule has 0 amide bonds. The lowest BCUT2D eigenvalue weighted by Crippen LogP contribution is -2.39. The van der Waals surface area contributed by atoms with E-state index in [-0.39, 0.29) is 0 Å². The molecule has 1 saturated heterocycles. The molecule has 2 N–H and O–H groups in total. The third-order valence-electron chi connectivity index (χ3n) is 4.45. The lowest BCUT2D eigenvalue weighted by molar-refractivity contribution is 0.213. The normalized spacial score (nSPS) is 17.1. The number of likely N-dealkylation sites (tertiary alicyclic amines) is 1. The number of halogens is 2. The highest BCUT2D eigenvalue weighted by Crippen LogP contribution is 2.21. The number of piperidine rings is 1. The smallest absolute Gasteiger partial charge is 0.191 e. The van der Waals surface area contributed by atoms with Gasteiger partial charge in [0.15, 0.2) is 5.96 Å². The lowest BCUT2D eigenvalue weighted by atomic mass is 9.94. The van der Waals surface area contributed by atoms with Gasteiger partial charge in [0.1, 0.15) is 0 Å². The van der Waals surface area contributed by atoms with Gasteiger partial charge in [-0.1, -0.05) is 29.3 Å². The van der Waals surface area contributed by atoms with E-state index in [9.17, 15) is 0 Å². The number of nitrogens with zero attached hydrogens (tertiary/aromatic N) is 2. The summed E-state index contributed by atoms with van der Waals surface area (Å²) in [7, 11) is 2.20. The highest BCUT2D eigenvalue weighted by atomic mass is 35.5. The van der Waals surface area contributed by atoms with E-state index < -0.39 is 0 Å². The first-order valence-corrected chi connectivity index (χ1v) is 9.48. The third-order valence-corrected chi connectivity index (χ3v) is 5.04. The maximum absolute atomic E-state index is 6.21. The highest BCUT2D eigenvalue weighted by Gasteiger charge is 2.16. The molecule has 0 unspecified atom stereocenters. The summed E-state index contributed by atoms with van der Waals surface area (Å²) < 4.78 is 0. The second-order valence-corrected chi connectivity index (χ2v) is 7.24. The third kappa shape index (κ3) is 6.50. The van der Waals surface area contributed by atoms with Crippen molar-refractivity contribution < 1.29 is 0 Å². The van der Waals surface area contributed by atoms with E-state index >= 15 is 0 Å². The fraction of sp³-hybridized carbons (Fsp3) is 0.611. The molecule has 6 heteroatoms. The van der Waals surface area contributed by atoms with Crippen LogP contribution < -0.4 is 10.6 Å². The summed E-state index contributed by atoms with van der Waals surface area (Å²) in [4.78, 5) is 7.04. The van der Waals surface area contributed by atoms with Gasteiger partial charge in [-0.05, 0) is 69.9 Å². The van der Waals surface area contributed by atoms with Gasteiger partial charge in [0, 0.05) is 23.1 Å². The summed E-state index contributed by atoms with van der Waals surface area (Å²) in [6, 6.07) is 5.53. The predicted octanol–water partition coefficient (Wildman–Crippen LogP) is 3.78. The fourth-order valence-electron chi connectivity index (χ4n) is 2.90. The average molecular weight is 371 g/mol. The predicted molar refractivity (Wildman–Crippen MR) is 104 cm³/mol. The number of hydrogen-bond acceptors (Lipinski definition) is 2.